The van der Waals surface area contributed by atoms with Crippen molar-refractivity contribution in [3.05, 3.63) is 69.8 Å². The lowest BCUT2D eigenvalue weighted by atomic mass is 9.89. The number of nitrogens with one attached hydrogen (secondary N) is 1. The van der Waals surface area contributed by atoms with Gasteiger partial charge in [-0.3, -0.25) is 0 Å². The molecule has 8 heteroatoms. The summed E-state index contributed by atoms with van der Waals surface area (Å²) < 4.78 is 39.5. The Balaban J connectivity index is 1.60. The molecule has 158 valence electrons. The van der Waals surface area contributed by atoms with Crippen molar-refractivity contribution in [3.8, 4) is 11.1 Å². The van der Waals surface area contributed by atoms with E-state index in [0.717, 1.165) is 46.3 Å². The van der Waals surface area contributed by atoms with Gasteiger partial charge >= 0.3 is 6.18 Å². The van der Waals surface area contributed by atoms with Gasteiger partial charge < -0.3 is 5.32 Å². The van der Waals surface area contributed by atoms with Crippen molar-refractivity contribution in [2.45, 2.75) is 31.9 Å². The van der Waals surface area contributed by atoms with Crippen LogP contribution in [0.25, 0.3) is 21.3 Å². The van der Waals surface area contributed by atoms with Crippen LogP contribution in [0.1, 0.15) is 29.5 Å². The lowest BCUT2D eigenvalue weighted by Gasteiger charge is -2.17. The predicted octanol–water partition coefficient (Wildman–Crippen LogP) is 7.65. The highest BCUT2D eigenvalue weighted by atomic mass is 35.5. The van der Waals surface area contributed by atoms with Gasteiger partial charge in [-0.05, 0) is 60.6 Å². The van der Waals surface area contributed by atoms with E-state index in [1.165, 1.54) is 47.7 Å². The van der Waals surface area contributed by atoms with Crippen molar-refractivity contribution in [2.24, 2.45) is 0 Å². The molecule has 0 spiro atoms. The smallest absolute Gasteiger partial charge is 0.338 e. The van der Waals surface area contributed by atoms with Crippen LogP contribution in [0.3, 0.4) is 0 Å². The number of halogens is 4. The predicted molar refractivity (Wildman–Crippen MR) is 119 cm³/mol. The second kappa shape index (κ2) is 7.80. The highest BCUT2D eigenvalue weighted by Crippen LogP contribution is 2.40. The zero-order chi connectivity index (χ0) is 21.6. The molecule has 3 nitrogen and oxygen atoms in total. The van der Waals surface area contributed by atoms with E-state index in [-0.39, 0.29) is 10.7 Å². The molecule has 1 N–H and O–H groups in total. The molecule has 1 aliphatic carbocycles. The van der Waals surface area contributed by atoms with Gasteiger partial charge in [0, 0.05) is 10.9 Å². The van der Waals surface area contributed by atoms with Crippen molar-refractivity contribution in [2.75, 3.05) is 5.32 Å². The van der Waals surface area contributed by atoms with Crippen LogP contribution in [0.4, 0.5) is 24.7 Å². The summed E-state index contributed by atoms with van der Waals surface area (Å²) >= 11 is 7.67. The summed E-state index contributed by atoms with van der Waals surface area (Å²) in [4.78, 5) is 9.43. The molecule has 5 rings (SSSR count). The van der Waals surface area contributed by atoms with Crippen molar-refractivity contribution < 1.29 is 13.2 Å². The Morgan fingerprint density at radius 3 is 2.58 bits per heavy atom. The number of alkyl halides is 3. The first-order valence-electron chi connectivity index (χ1n) is 9.88. The fourth-order valence-electron chi connectivity index (χ4n) is 4.01. The highest BCUT2D eigenvalue weighted by molar-refractivity contribution is 7.17. The van der Waals surface area contributed by atoms with Gasteiger partial charge in [0.15, 0.2) is 0 Å². The summed E-state index contributed by atoms with van der Waals surface area (Å²) in [6, 6.07) is 9.69. The fraction of sp³-hybridized carbons (Fsp3) is 0.217. The van der Waals surface area contributed by atoms with E-state index in [1.54, 1.807) is 0 Å². The van der Waals surface area contributed by atoms with Crippen LogP contribution in [0.15, 0.2) is 48.1 Å². The molecular weight excluding hydrogens is 443 g/mol. The molecule has 0 fully saturated rings. The number of thiophene rings is 1. The van der Waals surface area contributed by atoms with E-state index < -0.39 is 11.7 Å². The minimum Gasteiger partial charge on any atom is -0.338 e. The van der Waals surface area contributed by atoms with E-state index in [2.05, 4.69) is 33.5 Å². The quantitative estimate of drug-likeness (QED) is 0.342. The van der Waals surface area contributed by atoms with Crippen LogP contribution in [0.5, 0.6) is 0 Å². The third-order valence-electron chi connectivity index (χ3n) is 5.58. The molecule has 0 saturated heterocycles. The van der Waals surface area contributed by atoms with Gasteiger partial charge in [-0.15, -0.1) is 11.3 Å². The maximum Gasteiger partial charge on any atom is 0.416 e. The third kappa shape index (κ3) is 3.88. The second-order valence-corrected chi connectivity index (χ2v) is 8.83. The highest BCUT2D eigenvalue weighted by Gasteiger charge is 2.31. The summed E-state index contributed by atoms with van der Waals surface area (Å²) in [5.41, 5.74) is 4.14. The molecule has 0 bridgehead atoms. The topological polar surface area (TPSA) is 37.8 Å². The first-order valence-corrected chi connectivity index (χ1v) is 11.1. The molecule has 2 aromatic carbocycles. The van der Waals surface area contributed by atoms with E-state index in [9.17, 15) is 13.2 Å². The van der Waals surface area contributed by atoms with Gasteiger partial charge in [0.1, 0.15) is 17.0 Å². The van der Waals surface area contributed by atoms with E-state index in [0.29, 0.717) is 5.82 Å². The van der Waals surface area contributed by atoms with Gasteiger partial charge in [0.2, 0.25) is 0 Å². The lowest BCUT2D eigenvalue weighted by molar-refractivity contribution is -0.137. The van der Waals surface area contributed by atoms with Crippen molar-refractivity contribution >= 4 is 44.7 Å². The van der Waals surface area contributed by atoms with Crippen LogP contribution >= 0.6 is 22.9 Å². The maximum absolute atomic E-state index is 13.2. The number of nitrogens with zero attached hydrogens (tertiary/aromatic N) is 2. The summed E-state index contributed by atoms with van der Waals surface area (Å²) in [7, 11) is 0. The van der Waals surface area contributed by atoms with Crippen LogP contribution in [-0.4, -0.2) is 9.97 Å². The summed E-state index contributed by atoms with van der Waals surface area (Å²) in [6.07, 6.45) is 1.51. The Kier molecular flexibility index (Phi) is 5.10. The Labute approximate surface area is 185 Å². The van der Waals surface area contributed by atoms with Gasteiger partial charge in [-0.2, -0.15) is 13.2 Å². The zero-order valence-electron chi connectivity index (χ0n) is 16.3. The van der Waals surface area contributed by atoms with Crippen LogP contribution in [0, 0.1) is 0 Å². The van der Waals surface area contributed by atoms with Crippen LogP contribution in [-0.2, 0) is 19.0 Å². The molecule has 1 aliphatic rings. The fourth-order valence-corrected chi connectivity index (χ4v) is 5.09. The van der Waals surface area contributed by atoms with Gasteiger partial charge in [0.25, 0.3) is 0 Å². The summed E-state index contributed by atoms with van der Waals surface area (Å²) in [6.45, 7) is 0. The molecule has 2 heterocycles. The number of aryl methyl sites for hydroxylation is 2. The van der Waals surface area contributed by atoms with E-state index >= 15 is 0 Å². The second-order valence-electron chi connectivity index (χ2n) is 7.56. The zero-order valence-corrected chi connectivity index (χ0v) is 17.8. The molecule has 0 atom stereocenters. The standard InChI is InChI=1S/C23H17ClF3N3S/c24-18-8-7-16(23(25,26)27)10-19(18)30-21-20-17(11-31-22(20)29-12-28-21)15-6-5-13-3-1-2-4-14(13)9-15/h5-12H,1-4H2,(H,28,29,30). The molecule has 0 saturated carbocycles. The maximum atomic E-state index is 13.2. The van der Waals surface area contributed by atoms with Crippen molar-refractivity contribution in [1.82, 2.24) is 9.97 Å². The SMILES string of the molecule is FC(F)(F)c1ccc(Cl)c(Nc2ncnc3scc(-c4ccc5c(c4)CCCC5)c23)c1. The van der Waals surface area contributed by atoms with Crippen molar-refractivity contribution in [3.63, 3.8) is 0 Å². The number of benzene rings is 2. The summed E-state index contributed by atoms with van der Waals surface area (Å²) in [5, 5.41) is 5.99. The number of fused-ring (bicyclic) bond motifs is 2. The molecule has 0 unspecified atom stereocenters. The number of hydrogen-bond donors (Lipinski definition) is 1. The minimum atomic E-state index is -4.46. The largest absolute Gasteiger partial charge is 0.416 e. The first kappa shape index (κ1) is 20.3. The number of rotatable bonds is 3. The van der Waals surface area contributed by atoms with Gasteiger partial charge in [-0.25, -0.2) is 9.97 Å². The monoisotopic (exact) mass is 459 g/mol. The average molecular weight is 460 g/mol. The van der Waals surface area contributed by atoms with Gasteiger partial charge in [0.05, 0.1) is 21.7 Å². The first-order chi connectivity index (χ1) is 14.9. The summed E-state index contributed by atoms with van der Waals surface area (Å²) in [5.74, 6) is 0.431. The number of hydrogen-bond acceptors (Lipinski definition) is 4. The van der Waals surface area contributed by atoms with E-state index in [1.807, 2.05) is 5.38 Å². The number of anilines is 2. The minimum absolute atomic E-state index is 0.152. The average Bonchev–Trinajstić information content (AvgIpc) is 3.19. The normalized spacial score (nSPS) is 13.9. The lowest BCUT2D eigenvalue weighted by Crippen LogP contribution is -2.06. The van der Waals surface area contributed by atoms with Crippen LogP contribution < -0.4 is 5.32 Å². The molecule has 31 heavy (non-hydrogen) atoms. The Bertz CT molecular complexity index is 1280. The van der Waals surface area contributed by atoms with Crippen molar-refractivity contribution in [1.29, 1.82) is 0 Å². The molecule has 0 radical (unpaired) electrons. The Morgan fingerprint density at radius 2 is 1.77 bits per heavy atom. The number of aromatic nitrogens is 2. The third-order valence-corrected chi connectivity index (χ3v) is 6.79. The van der Waals surface area contributed by atoms with E-state index in [4.69, 9.17) is 11.6 Å². The Hall–Kier alpha value is -2.64. The molecule has 0 aliphatic heterocycles. The molecular formula is C23H17ClF3N3S. The molecule has 2 aromatic heterocycles. The Morgan fingerprint density at radius 1 is 0.968 bits per heavy atom. The van der Waals surface area contributed by atoms with Gasteiger partial charge in [-0.1, -0.05) is 29.8 Å². The molecule has 0 amide bonds. The van der Waals surface area contributed by atoms with Crippen LogP contribution in [0.2, 0.25) is 5.02 Å². The molecule has 4 aromatic rings.